The molecule has 0 spiro atoms. The molecular formula is C43H28N2O. The van der Waals surface area contributed by atoms with E-state index in [1.165, 1.54) is 33.0 Å². The van der Waals surface area contributed by atoms with Crippen molar-refractivity contribution in [3.05, 3.63) is 170 Å². The Morgan fingerprint density at radius 1 is 0.457 bits per heavy atom. The molecule has 0 bridgehead atoms. The van der Waals surface area contributed by atoms with Crippen molar-refractivity contribution in [2.75, 3.05) is 4.90 Å². The second kappa shape index (κ2) is 10.8. The summed E-state index contributed by atoms with van der Waals surface area (Å²) in [5.74, 6) is 0. The van der Waals surface area contributed by atoms with Crippen LogP contribution < -0.4 is 4.90 Å². The SMILES string of the molecule is c1ccc(-c2ccc(N(c3cnc4c(ccc5oc6ccccc6c54)c3)c3ccc(-c4ccccc4)c4ccccc34)cc2)cc1. The van der Waals surface area contributed by atoms with Gasteiger partial charge in [-0.2, -0.15) is 0 Å². The molecule has 0 radical (unpaired) electrons. The largest absolute Gasteiger partial charge is 0.456 e. The summed E-state index contributed by atoms with van der Waals surface area (Å²) in [6.07, 6.45) is 1.99. The highest BCUT2D eigenvalue weighted by atomic mass is 16.3. The molecule has 0 aliphatic carbocycles. The lowest BCUT2D eigenvalue weighted by molar-refractivity contribution is 0.669. The van der Waals surface area contributed by atoms with Crippen molar-refractivity contribution >= 4 is 60.7 Å². The van der Waals surface area contributed by atoms with E-state index in [1.54, 1.807) is 0 Å². The standard InChI is InChI=1S/C43H28N2O/c1-3-11-29(12-4-1)30-19-22-33(23-20-30)45(39-25-24-35(31-13-5-2-6-14-31)36-15-7-8-16-37(36)39)34-27-32-21-26-41-42(43(32)44-28-34)38-17-9-10-18-40(38)46-41/h1-28H. The number of pyridine rings is 1. The van der Waals surface area contributed by atoms with Gasteiger partial charge in [-0.15, -0.1) is 0 Å². The highest BCUT2D eigenvalue weighted by molar-refractivity contribution is 6.17. The highest BCUT2D eigenvalue weighted by Gasteiger charge is 2.19. The molecule has 2 aromatic heterocycles. The van der Waals surface area contributed by atoms with E-state index in [0.29, 0.717) is 0 Å². The van der Waals surface area contributed by atoms with Crippen molar-refractivity contribution in [1.29, 1.82) is 0 Å². The van der Waals surface area contributed by atoms with E-state index in [1.807, 2.05) is 18.3 Å². The molecule has 3 heteroatoms. The van der Waals surface area contributed by atoms with Gasteiger partial charge in [0.15, 0.2) is 0 Å². The lowest BCUT2D eigenvalue weighted by Gasteiger charge is -2.27. The molecule has 3 nitrogen and oxygen atoms in total. The number of anilines is 3. The zero-order valence-electron chi connectivity index (χ0n) is 25.0. The number of fused-ring (bicyclic) bond motifs is 6. The van der Waals surface area contributed by atoms with E-state index in [0.717, 1.165) is 49.9 Å². The summed E-state index contributed by atoms with van der Waals surface area (Å²) in [5, 5.41) is 5.58. The van der Waals surface area contributed by atoms with E-state index >= 15 is 0 Å². The summed E-state index contributed by atoms with van der Waals surface area (Å²) in [6, 6.07) is 57.7. The van der Waals surface area contributed by atoms with Crippen molar-refractivity contribution in [3.63, 3.8) is 0 Å². The molecule has 9 rings (SSSR count). The van der Waals surface area contributed by atoms with Crippen LogP contribution >= 0.6 is 0 Å². The topological polar surface area (TPSA) is 29.3 Å². The van der Waals surface area contributed by atoms with Gasteiger partial charge in [-0.1, -0.05) is 121 Å². The van der Waals surface area contributed by atoms with Gasteiger partial charge in [-0.05, 0) is 70.1 Å². The zero-order chi connectivity index (χ0) is 30.5. The summed E-state index contributed by atoms with van der Waals surface area (Å²) in [7, 11) is 0. The first-order valence-electron chi connectivity index (χ1n) is 15.5. The number of furan rings is 1. The maximum absolute atomic E-state index is 6.17. The number of nitrogens with zero attached hydrogens (tertiary/aromatic N) is 2. The normalized spacial score (nSPS) is 11.5. The summed E-state index contributed by atoms with van der Waals surface area (Å²) < 4.78 is 6.17. The highest BCUT2D eigenvalue weighted by Crippen LogP contribution is 2.43. The van der Waals surface area contributed by atoms with E-state index < -0.39 is 0 Å². The van der Waals surface area contributed by atoms with E-state index in [4.69, 9.17) is 9.40 Å². The fraction of sp³-hybridized carbons (Fsp3) is 0. The summed E-state index contributed by atoms with van der Waals surface area (Å²) in [4.78, 5) is 7.44. The number of para-hydroxylation sites is 1. The molecule has 2 heterocycles. The smallest absolute Gasteiger partial charge is 0.137 e. The number of hydrogen-bond donors (Lipinski definition) is 0. The molecule has 0 amide bonds. The Bertz CT molecular complexity index is 2520. The van der Waals surface area contributed by atoms with Crippen LogP contribution in [0.4, 0.5) is 17.1 Å². The lowest BCUT2D eigenvalue weighted by Crippen LogP contribution is -2.11. The third-order valence-electron chi connectivity index (χ3n) is 8.89. The Morgan fingerprint density at radius 2 is 1.11 bits per heavy atom. The molecular weight excluding hydrogens is 560 g/mol. The second-order valence-corrected chi connectivity index (χ2v) is 11.6. The van der Waals surface area contributed by atoms with Gasteiger partial charge < -0.3 is 9.32 Å². The molecule has 0 aliphatic rings. The van der Waals surface area contributed by atoms with Gasteiger partial charge in [-0.25, -0.2) is 0 Å². The predicted octanol–water partition coefficient (Wildman–Crippen LogP) is 12.1. The minimum absolute atomic E-state index is 0.852. The second-order valence-electron chi connectivity index (χ2n) is 11.6. The van der Waals surface area contributed by atoms with Crippen LogP contribution in [-0.4, -0.2) is 4.98 Å². The van der Waals surface area contributed by atoms with Crippen LogP contribution in [0.15, 0.2) is 174 Å². The van der Waals surface area contributed by atoms with Gasteiger partial charge in [0, 0.05) is 21.8 Å². The number of hydrogen-bond acceptors (Lipinski definition) is 3. The minimum atomic E-state index is 0.852. The van der Waals surface area contributed by atoms with Crippen LogP contribution in [-0.2, 0) is 0 Å². The van der Waals surface area contributed by atoms with Crippen LogP contribution in [0.3, 0.4) is 0 Å². The van der Waals surface area contributed by atoms with Crippen molar-refractivity contribution in [2.24, 2.45) is 0 Å². The van der Waals surface area contributed by atoms with Crippen molar-refractivity contribution < 1.29 is 4.42 Å². The molecule has 0 fully saturated rings. The average Bonchev–Trinajstić information content (AvgIpc) is 3.52. The van der Waals surface area contributed by atoms with Crippen molar-refractivity contribution in [3.8, 4) is 22.3 Å². The van der Waals surface area contributed by atoms with E-state index in [-0.39, 0.29) is 0 Å². The molecule has 46 heavy (non-hydrogen) atoms. The Kier molecular flexibility index (Phi) is 6.14. The van der Waals surface area contributed by atoms with Gasteiger partial charge >= 0.3 is 0 Å². The molecule has 216 valence electrons. The third kappa shape index (κ3) is 4.33. The molecule has 0 atom stereocenters. The Hall–Kier alpha value is -6.19. The quantitative estimate of drug-likeness (QED) is 0.200. The molecule has 0 saturated heterocycles. The molecule has 0 saturated carbocycles. The Balaban J connectivity index is 1.26. The number of aromatic nitrogens is 1. The van der Waals surface area contributed by atoms with Gasteiger partial charge in [0.25, 0.3) is 0 Å². The maximum Gasteiger partial charge on any atom is 0.137 e. The van der Waals surface area contributed by atoms with Gasteiger partial charge in [0.05, 0.1) is 28.5 Å². The van der Waals surface area contributed by atoms with Gasteiger partial charge in [-0.3, -0.25) is 4.98 Å². The molecule has 0 aliphatic heterocycles. The van der Waals surface area contributed by atoms with Crippen LogP contribution in [0.1, 0.15) is 0 Å². The van der Waals surface area contributed by atoms with Crippen LogP contribution in [0, 0.1) is 0 Å². The third-order valence-corrected chi connectivity index (χ3v) is 8.89. The molecule has 9 aromatic rings. The van der Waals surface area contributed by atoms with E-state index in [2.05, 4.69) is 157 Å². The number of rotatable bonds is 5. The zero-order valence-corrected chi connectivity index (χ0v) is 25.0. The average molecular weight is 589 g/mol. The molecule has 0 unspecified atom stereocenters. The number of benzene rings is 7. The first kappa shape index (κ1) is 26.2. The summed E-state index contributed by atoms with van der Waals surface area (Å²) in [5.41, 5.74) is 10.6. The lowest BCUT2D eigenvalue weighted by atomic mass is 9.96. The molecule has 7 aromatic carbocycles. The molecule has 0 N–H and O–H groups in total. The summed E-state index contributed by atoms with van der Waals surface area (Å²) >= 11 is 0. The Morgan fingerprint density at radius 3 is 1.89 bits per heavy atom. The van der Waals surface area contributed by atoms with Crippen LogP contribution in [0.2, 0.25) is 0 Å². The monoisotopic (exact) mass is 588 g/mol. The first-order chi connectivity index (χ1) is 22.8. The fourth-order valence-corrected chi connectivity index (χ4v) is 6.73. The maximum atomic E-state index is 6.17. The van der Waals surface area contributed by atoms with Crippen molar-refractivity contribution in [1.82, 2.24) is 4.98 Å². The Labute approximate surface area is 266 Å². The van der Waals surface area contributed by atoms with Gasteiger partial charge in [0.2, 0.25) is 0 Å². The first-order valence-corrected chi connectivity index (χ1v) is 15.5. The van der Waals surface area contributed by atoms with Crippen LogP contribution in [0.5, 0.6) is 0 Å². The summed E-state index contributed by atoms with van der Waals surface area (Å²) in [6.45, 7) is 0. The minimum Gasteiger partial charge on any atom is -0.456 e. The van der Waals surface area contributed by atoms with Gasteiger partial charge in [0.1, 0.15) is 11.2 Å². The fourth-order valence-electron chi connectivity index (χ4n) is 6.73. The van der Waals surface area contributed by atoms with Crippen LogP contribution in [0.25, 0.3) is 65.9 Å². The van der Waals surface area contributed by atoms with Crippen molar-refractivity contribution in [2.45, 2.75) is 0 Å². The van der Waals surface area contributed by atoms with E-state index in [9.17, 15) is 0 Å². The predicted molar refractivity (Wildman–Crippen MR) is 192 cm³/mol.